The Labute approximate surface area is 173 Å². The minimum Gasteiger partial charge on any atom is -0.490 e. The van der Waals surface area contributed by atoms with Gasteiger partial charge in [0.25, 0.3) is 0 Å². The molecule has 7 heteroatoms. The molecular formula is C21H20ClN3O2S. The van der Waals surface area contributed by atoms with Crippen molar-refractivity contribution in [2.45, 2.75) is 6.92 Å². The highest BCUT2D eigenvalue weighted by atomic mass is 35.5. The highest BCUT2D eigenvalue weighted by Gasteiger charge is 2.11. The van der Waals surface area contributed by atoms with E-state index in [0.717, 1.165) is 16.8 Å². The molecular weight excluding hydrogens is 394 g/mol. The van der Waals surface area contributed by atoms with Crippen LogP contribution in [0.15, 0.2) is 65.6 Å². The third-order valence-electron chi connectivity index (χ3n) is 3.62. The molecule has 0 unspecified atom stereocenters. The number of hydrazone groups is 1. The number of aromatic nitrogens is 1. The van der Waals surface area contributed by atoms with Crippen molar-refractivity contribution >= 4 is 34.3 Å². The monoisotopic (exact) mass is 413 g/mol. The molecule has 0 atom stereocenters. The van der Waals surface area contributed by atoms with Gasteiger partial charge in [-0.1, -0.05) is 54.6 Å². The van der Waals surface area contributed by atoms with Gasteiger partial charge in [0.2, 0.25) is 5.13 Å². The summed E-state index contributed by atoms with van der Waals surface area (Å²) in [4.78, 5) is 4.54. The summed E-state index contributed by atoms with van der Waals surface area (Å²) in [5.41, 5.74) is 5.71. The van der Waals surface area contributed by atoms with Crippen molar-refractivity contribution in [2.24, 2.45) is 5.10 Å². The van der Waals surface area contributed by atoms with Gasteiger partial charge in [0.15, 0.2) is 11.5 Å². The Bertz CT molecular complexity index is 958. The fourth-order valence-electron chi connectivity index (χ4n) is 2.44. The second-order valence-electron chi connectivity index (χ2n) is 5.64. The largest absolute Gasteiger partial charge is 0.490 e. The molecule has 0 fully saturated rings. The van der Waals surface area contributed by atoms with E-state index in [-0.39, 0.29) is 0 Å². The lowest BCUT2D eigenvalue weighted by Crippen LogP contribution is -2.01. The number of hydrogen-bond donors (Lipinski definition) is 1. The van der Waals surface area contributed by atoms with Crippen LogP contribution < -0.4 is 14.9 Å². The lowest BCUT2D eigenvalue weighted by Gasteiger charge is -2.13. The first-order chi connectivity index (χ1) is 13.7. The highest BCUT2D eigenvalue weighted by Crippen LogP contribution is 2.36. The first-order valence-corrected chi connectivity index (χ1v) is 9.97. The quantitative estimate of drug-likeness (QED) is 0.270. The molecule has 1 aromatic heterocycles. The van der Waals surface area contributed by atoms with Gasteiger partial charge < -0.3 is 9.47 Å². The van der Waals surface area contributed by atoms with E-state index in [9.17, 15) is 0 Å². The first kappa shape index (κ1) is 19.9. The van der Waals surface area contributed by atoms with Gasteiger partial charge in [-0.15, -0.1) is 11.3 Å². The van der Waals surface area contributed by atoms with Gasteiger partial charge in [-0.2, -0.15) is 5.10 Å². The van der Waals surface area contributed by atoms with Crippen LogP contribution in [0.1, 0.15) is 12.5 Å². The second-order valence-corrected chi connectivity index (χ2v) is 6.90. The van der Waals surface area contributed by atoms with Crippen molar-refractivity contribution < 1.29 is 9.47 Å². The van der Waals surface area contributed by atoms with Gasteiger partial charge in [0, 0.05) is 10.9 Å². The number of anilines is 1. The molecule has 0 bridgehead atoms. The first-order valence-electron chi connectivity index (χ1n) is 8.71. The molecule has 0 spiro atoms. The number of ether oxygens (including phenoxy) is 2. The zero-order chi connectivity index (χ0) is 19.8. The van der Waals surface area contributed by atoms with Gasteiger partial charge in [0.1, 0.15) is 6.61 Å². The van der Waals surface area contributed by atoms with Crippen LogP contribution in [0.5, 0.6) is 11.5 Å². The molecule has 0 radical (unpaired) electrons. The van der Waals surface area contributed by atoms with Crippen LogP contribution in [-0.4, -0.2) is 24.4 Å². The predicted molar refractivity (Wildman–Crippen MR) is 117 cm³/mol. The van der Waals surface area contributed by atoms with E-state index >= 15 is 0 Å². The van der Waals surface area contributed by atoms with Crippen LogP contribution >= 0.6 is 22.9 Å². The van der Waals surface area contributed by atoms with E-state index in [1.165, 1.54) is 11.3 Å². The van der Waals surface area contributed by atoms with E-state index in [0.29, 0.717) is 34.9 Å². The second kappa shape index (κ2) is 9.92. The molecule has 0 amide bonds. The molecule has 3 aromatic rings. The van der Waals surface area contributed by atoms with Crippen molar-refractivity contribution in [3.63, 3.8) is 0 Å². The van der Waals surface area contributed by atoms with E-state index in [4.69, 9.17) is 21.1 Å². The van der Waals surface area contributed by atoms with Crippen molar-refractivity contribution in [2.75, 3.05) is 18.6 Å². The zero-order valence-corrected chi connectivity index (χ0v) is 17.0. The van der Waals surface area contributed by atoms with Crippen LogP contribution in [0.4, 0.5) is 5.13 Å². The minimum absolute atomic E-state index is 0.350. The maximum Gasteiger partial charge on any atom is 0.203 e. The summed E-state index contributed by atoms with van der Waals surface area (Å²) in [6, 6.07) is 13.6. The molecule has 0 saturated heterocycles. The molecule has 2 aromatic carbocycles. The van der Waals surface area contributed by atoms with Gasteiger partial charge in [0.05, 0.1) is 23.5 Å². The average molecular weight is 414 g/mol. The summed E-state index contributed by atoms with van der Waals surface area (Å²) in [5.74, 6) is 1.07. The van der Waals surface area contributed by atoms with E-state index < -0.39 is 0 Å². The normalized spacial score (nSPS) is 10.8. The third kappa shape index (κ3) is 5.12. The Morgan fingerprint density at radius 3 is 2.82 bits per heavy atom. The molecule has 144 valence electrons. The zero-order valence-electron chi connectivity index (χ0n) is 15.4. The van der Waals surface area contributed by atoms with E-state index in [1.54, 1.807) is 18.4 Å². The van der Waals surface area contributed by atoms with E-state index in [2.05, 4.69) is 22.1 Å². The summed E-state index contributed by atoms with van der Waals surface area (Å²) >= 11 is 7.83. The number of rotatable bonds is 9. The summed E-state index contributed by atoms with van der Waals surface area (Å²) in [5, 5.41) is 7.40. The SMILES string of the molecule is C=CCOc1c(Cl)cc(C=NNc2nc(-c3ccccc3)cs2)cc1OCC. The van der Waals surface area contributed by atoms with Gasteiger partial charge in [-0.3, -0.25) is 5.43 Å². The Hall–Kier alpha value is -2.83. The van der Waals surface area contributed by atoms with Crippen LogP contribution in [0.25, 0.3) is 11.3 Å². The maximum absolute atomic E-state index is 6.34. The smallest absolute Gasteiger partial charge is 0.203 e. The standard InChI is InChI=1S/C21H20ClN3O2S/c1-3-10-27-20-17(22)11-15(12-19(20)26-4-2)13-23-25-21-24-18(14-28-21)16-8-6-5-7-9-16/h3,5-9,11-14H,1,4,10H2,2H3,(H,24,25). The predicted octanol–water partition coefficient (Wildman–Crippen LogP) is 5.87. The molecule has 0 aliphatic rings. The lowest BCUT2D eigenvalue weighted by atomic mass is 10.2. The van der Waals surface area contributed by atoms with Crippen molar-refractivity contribution in [1.82, 2.24) is 4.98 Å². The van der Waals surface area contributed by atoms with Crippen LogP contribution in [0.3, 0.4) is 0 Å². The number of nitrogens with one attached hydrogen (secondary N) is 1. The molecule has 0 saturated carbocycles. The van der Waals surface area contributed by atoms with E-state index in [1.807, 2.05) is 48.7 Å². The van der Waals surface area contributed by atoms with Crippen molar-refractivity contribution in [3.8, 4) is 22.8 Å². The van der Waals surface area contributed by atoms with Crippen molar-refractivity contribution in [1.29, 1.82) is 0 Å². The molecule has 1 N–H and O–H groups in total. The Morgan fingerprint density at radius 1 is 1.25 bits per heavy atom. The number of halogens is 1. The lowest BCUT2D eigenvalue weighted by molar-refractivity contribution is 0.297. The number of hydrogen-bond acceptors (Lipinski definition) is 6. The molecule has 0 aliphatic heterocycles. The number of thiazole rings is 1. The van der Waals surface area contributed by atoms with Gasteiger partial charge >= 0.3 is 0 Å². The summed E-state index contributed by atoms with van der Waals surface area (Å²) in [6.45, 7) is 6.40. The Balaban J connectivity index is 1.72. The summed E-state index contributed by atoms with van der Waals surface area (Å²) in [6.07, 6.45) is 3.32. The van der Waals surface area contributed by atoms with Crippen LogP contribution in [0, 0.1) is 0 Å². The Kier molecular flexibility index (Phi) is 7.06. The average Bonchev–Trinajstić information content (AvgIpc) is 3.17. The van der Waals surface area contributed by atoms with Crippen LogP contribution in [0.2, 0.25) is 5.02 Å². The topological polar surface area (TPSA) is 55.7 Å². The molecule has 3 rings (SSSR count). The molecule has 0 aliphatic carbocycles. The molecule has 1 heterocycles. The Morgan fingerprint density at radius 2 is 2.07 bits per heavy atom. The van der Waals surface area contributed by atoms with Crippen LogP contribution in [-0.2, 0) is 0 Å². The van der Waals surface area contributed by atoms with Crippen molar-refractivity contribution in [3.05, 3.63) is 71.1 Å². The maximum atomic E-state index is 6.34. The summed E-state index contributed by atoms with van der Waals surface area (Å²) < 4.78 is 11.2. The highest BCUT2D eigenvalue weighted by molar-refractivity contribution is 7.14. The molecule has 28 heavy (non-hydrogen) atoms. The number of benzene rings is 2. The fraction of sp³-hybridized carbons (Fsp3) is 0.143. The molecule has 5 nitrogen and oxygen atoms in total. The van der Waals surface area contributed by atoms with Gasteiger partial charge in [-0.25, -0.2) is 4.98 Å². The summed E-state index contributed by atoms with van der Waals surface area (Å²) in [7, 11) is 0. The fourth-order valence-corrected chi connectivity index (χ4v) is 3.38. The third-order valence-corrected chi connectivity index (χ3v) is 4.65. The minimum atomic E-state index is 0.350. The van der Waals surface area contributed by atoms with Gasteiger partial charge in [-0.05, 0) is 24.6 Å². The number of nitrogens with zero attached hydrogens (tertiary/aromatic N) is 2.